The van der Waals surface area contributed by atoms with E-state index in [1.54, 1.807) is 45.8 Å². The molecule has 2 aromatic heterocycles. The van der Waals surface area contributed by atoms with Gasteiger partial charge in [-0.3, -0.25) is 9.69 Å². The Morgan fingerprint density at radius 3 is 2.56 bits per heavy atom. The number of nitrogens with one attached hydrogen (secondary N) is 2. The van der Waals surface area contributed by atoms with Crippen LogP contribution in [0.15, 0.2) is 53.2 Å². The number of fused-ring (bicyclic) bond motifs is 1. The van der Waals surface area contributed by atoms with E-state index in [-0.39, 0.29) is 25.9 Å². The van der Waals surface area contributed by atoms with Gasteiger partial charge in [-0.25, -0.2) is 9.59 Å². The van der Waals surface area contributed by atoms with Crippen LogP contribution in [-0.4, -0.2) is 47.5 Å². The molecule has 1 aliphatic rings. The number of benzene rings is 1. The molecule has 0 fully saturated rings. The number of amides is 3. The van der Waals surface area contributed by atoms with Gasteiger partial charge in [0.25, 0.3) is 0 Å². The summed E-state index contributed by atoms with van der Waals surface area (Å²) in [5, 5.41) is 19.1. The van der Waals surface area contributed by atoms with Gasteiger partial charge in [-0.15, -0.1) is 22.7 Å². The monoisotopic (exact) mass is 601 g/mol. The van der Waals surface area contributed by atoms with E-state index in [2.05, 4.69) is 10.6 Å². The number of unbranched alkanes of at least 4 members (excludes halogenated alkanes) is 1. The third kappa shape index (κ3) is 8.61. The highest BCUT2D eigenvalue weighted by atomic mass is 32.1. The number of rotatable bonds is 14. The molecule has 41 heavy (non-hydrogen) atoms. The molecule has 0 bridgehead atoms. The Labute approximate surface area is 247 Å². The molecular formula is C29H35N3O7S2. The number of urea groups is 1. The Morgan fingerprint density at radius 1 is 1.07 bits per heavy atom. The normalized spacial score (nSPS) is 14.1. The molecule has 12 heteroatoms. The fraction of sp³-hybridized carbons (Fsp3) is 0.414. The summed E-state index contributed by atoms with van der Waals surface area (Å²) < 4.78 is 16.5. The minimum absolute atomic E-state index is 0.0159. The lowest BCUT2D eigenvalue weighted by molar-refractivity contribution is -0.137. The van der Waals surface area contributed by atoms with Gasteiger partial charge < -0.3 is 30.0 Å². The van der Waals surface area contributed by atoms with Gasteiger partial charge in [0.05, 0.1) is 31.1 Å². The largest absolute Gasteiger partial charge is 0.481 e. The number of aliphatic carboxylic acids is 1. The number of carboxylic acid groups (broad SMARTS) is 1. The van der Waals surface area contributed by atoms with Gasteiger partial charge >= 0.3 is 18.1 Å². The molecule has 1 aromatic carbocycles. The lowest BCUT2D eigenvalue weighted by atomic mass is 10.0. The third-order valence-electron chi connectivity index (χ3n) is 6.70. The number of nitrogens with zero attached hydrogens (tertiary/aromatic N) is 1. The Morgan fingerprint density at radius 2 is 1.85 bits per heavy atom. The number of carbonyl (C=O) groups is 3. The maximum atomic E-state index is 13.3. The molecule has 0 saturated carbocycles. The molecule has 1 unspecified atom stereocenters. The zero-order valence-electron chi connectivity index (χ0n) is 23.0. The van der Waals surface area contributed by atoms with Crippen LogP contribution < -0.4 is 20.1 Å². The smallest absolute Gasteiger partial charge is 0.410 e. The van der Waals surface area contributed by atoms with Crippen molar-refractivity contribution in [1.82, 2.24) is 15.5 Å². The van der Waals surface area contributed by atoms with Crippen LogP contribution in [0.2, 0.25) is 0 Å². The number of hydrogen-bond donors (Lipinski definition) is 3. The number of thiophene rings is 2. The van der Waals surface area contributed by atoms with E-state index >= 15 is 0 Å². The third-order valence-corrected chi connectivity index (χ3v) is 8.60. The minimum atomic E-state index is -1.06. The first-order valence-corrected chi connectivity index (χ1v) is 15.3. The van der Waals surface area contributed by atoms with Crippen LogP contribution in [0.3, 0.4) is 0 Å². The van der Waals surface area contributed by atoms with Crippen molar-refractivity contribution in [3.63, 3.8) is 0 Å². The maximum absolute atomic E-state index is 13.3. The van der Waals surface area contributed by atoms with Crippen LogP contribution in [-0.2, 0) is 16.1 Å². The summed E-state index contributed by atoms with van der Waals surface area (Å²) in [7, 11) is 0. The van der Waals surface area contributed by atoms with E-state index in [0.717, 1.165) is 22.6 Å². The van der Waals surface area contributed by atoms with Gasteiger partial charge in [0, 0.05) is 9.75 Å². The summed E-state index contributed by atoms with van der Waals surface area (Å²) in [6.07, 6.45) is 1.52. The van der Waals surface area contributed by atoms with Crippen molar-refractivity contribution in [2.24, 2.45) is 0 Å². The van der Waals surface area contributed by atoms with Crippen molar-refractivity contribution in [3.8, 4) is 11.5 Å². The topological polar surface area (TPSA) is 126 Å². The van der Waals surface area contributed by atoms with Gasteiger partial charge in [-0.05, 0) is 53.9 Å². The van der Waals surface area contributed by atoms with Crippen LogP contribution in [0.1, 0.15) is 66.9 Å². The SMILES string of the molecule is CCCC[C@H](COC(=O)N(Cc1cccs1)[C@H](C)c1cccs1)NC(=O)NC(CC(=O)O)c1ccc2c(c1)OCO2. The highest BCUT2D eigenvalue weighted by molar-refractivity contribution is 7.10. The fourth-order valence-electron chi connectivity index (χ4n) is 4.46. The molecule has 3 atom stereocenters. The molecule has 3 amide bonds. The lowest BCUT2D eigenvalue weighted by Gasteiger charge is -2.29. The molecule has 4 rings (SSSR count). The summed E-state index contributed by atoms with van der Waals surface area (Å²) in [6, 6.07) is 10.9. The average Bonchev–Trinajstić information content (AvgIpc) is 3.74. The van der Waals surface area contributed by atoms with Crippen molar-refractivity contribution in [2.45, 2.75) is 64.2 Å². The molecule has 220 valence electrons. The molecule has 0 saturated heterocycles. The Hall–Kier alpha value is -3.77. The quantitative estimate of drug-likeness (QED) is 0.198. The maximum Gasteiger partial charge on any atom is 0.410 e. The van der Waals surface area contributed by atoms with E-state index < -0.39 is 30.2 Å². The van der Waals surface area contributed by atoms with Gasteiger partial charge in [-0.1, -0.05) is 38.0 Å². The molecule has 0 aliphatic carbocycles. The van der Waals surface area contributed by atoms with Crippen LogP contribution >= 0.6 is 22.7 Å². The van der Waals surface area contributed by atoms with Crippen LogP contribution in [0, 0.1) is 0 Å². The second-order valence-electron chi connectivity index (χ2n) is 9.70. The fourth-order valence-corrected chi connectivity index (χ4v) is 5.96. The number of hydrogen-bond acceptors (Lipinski definition) is 8. The second kappa shape index (κ2) is 14.7. The van der Waals surface area contributed by atoms with Gasteiger partial charge in [-0.2, -0.15) is 0 Å². The highest BCUT2D eigenvalue weighted by Gasteiger charge is 2.27. The Bertz CT molecular complexity index is 1280. The molecule has 0 radical (unpaired) electrons. The molecule has 1 aliphatic heterocycles. The highest BCUT2D eigenvalue weighted by Crippen LogP contribution is 2.35. The van der Waals surface area contributed by atoms with Crippen molar-refractivity contribution in [2.75, 3.05) is 13.4 Å². The Kier molecular flexibility index (Phi) is 10.9. The van der Waals surface area contributed by atoms with Crippen LogP contribution in [0.25, 0.3) is 0 Å². The predicted octanol–water partition coefficient (Wildman–Crippen LogP) is 6.31. The Balaban J connectivity index is 1.40. The first-order chi connectivity index (χ1) is 19.8. The first-order valence-electron chi connectivity index (χ1n) is 13.5. The molecule has 10 nitrogen and oxygen atoms in total. The molecule has 3 N–H and O–H groups in total. The van der Waals surface area contributed by atoms with Crippen molar-refractivity contribution in [3.05, 3.63) is 68.5 Å². The summed E-state index contributed by atoms with van der Waals surface area (Å²) in [6.45, 7) is 4.50. The van der Waals surface area contributed by atoms with Crippen molar-refractivity contribution >= 4 is 40.8 Å². The summed E-state index contributed by atoms with van der Waals surface area (Å²) in [5.41, 5.74) is 0.579. The standard InChI is InChI=1S/C29H35N3O7S2/c1-3-4-7-21(17-37-29(36)32(16-22-8-5-12-40-22)19(2)26-9-6-13-41-26)30-28(35)31-23(15-27(33)34)20-10-11-24-25(14-20)39-18-38-24/h5-6,8-14,19,21,23H,3-4,7,15-18H2,1-2H3,(H,33,34)(H2,30,31,35)/t19-,21-,23?/m1/s1. The molecule has 3 heterocycles. The lowest BCUT2D eigenvalue weighted by Crippen LogP contribution is -2.46. The zero-order chi connectivity index (χ0) is 29.2. The summed E-state index contributed by atoms with van der Waals surface area (Å²) in [4.78, 5) is 41.7. The predicted molar refractivity (Wildman–Crippen MR) is 156 cm³/mol. The van der Waals surface area contributed by atoms with E-state index in [4.69, 9.17) is 14.2 Å². The summed E-state index contributed by atoms with van der Waals surface area (Å²) >= 11 is 3.15. The zero-order valence-corrected chi connectivity index (χ0v) is 24.7. The molecule has 3 aromatic rings. The van der Waals surface area contributed by atoms with Crippen molar-refractivity contribution in [1.29, 1.82) is 0 Å². The van der Waals surface area contributed by atoms with E-state index in [9.17, 15) is 19.5 Å². The van der Waals surface area contributed by atoms with E-state index in [0.29, 0.717) is 30.0 Å². The summed E-state index contributed by atoms with van der Waals surface area (Å²) in [5.74, 6) is 0.00192. The number of ether oxygens (including phenoxy) is 3. The number of carboxylic acids is 1. The first kappa shape index (κ1) is 30.2. The van der Waals surface area contributed by atoms with Gasteiger partial charge in [0.1, 0.15) is 6.61 Å². The van der Waals surface area contributed by atoms with Gasteiger partial charge in [0.15, 0.2) is 11.5 Å². The van der Waals surface area contributed by atoms with Gasteiger partial charge in [0.2, 0.25) is 6.79 Å². The number of carbonyl (C=O) groups excluding carboxylic acids is 2. The van der Waals surface area contributed by atoms with Crippen LogP contribution in [0.4, 0.5) is 9.59 Å². The molecule has 0 spiro atoms. The van der Waals surface area contributed by atoms with E-state index in [1.807, 2.05) is 48.9 Å². The van der Waals surface area contributed by atoms with Crippen LogP contribution in [0.5, 0.6) is 11.5 Å². The minimum Gasteiger partial charge on any atom is -0.481 e. The molecular weight excluding hydrogens is 566 g/mol. The van der Waals surface area contributed by atoms with Crippen molar-refractivity contribution < 1.29 is 33.7 Å². The van der Waals surface area contributed by atoms with E-state index in [1.165, 1.54) is 0 Å². The second-order valence-corrected chi connectivity index (χ2v) is 11.7. The average molecular weight is 602 g/mol.